The van der Waals surface area contributed by atoms with Crippen LogP contribution in [-0.2, 0) is 16.1 Å². The number of ether oxygens (including phenoxy) is 1. The Balaban J connectivity index is 1.78. The molecule has 24 heavy (non-hydrogen) atoms. The molecule has 1 aliphatic rings. The van der Waals surface area contributed by atoms with Gasteiger partial charge in [0.25, 0.3) is 0 Å². The van der Waals surface area contributed by atoms with Crippen LogP contribution in [0.4, 0.5) is 0 Å². The van der Waals surface area contributed by atoms with Crippen molar-refractivity contribution in [2.24, 2.45) is 17.8 Å². The molecule has 0 saturated heterocycles. The SMILES string of the molecule is CC(C)[C@@H]1CC[C@@H](C)C[C@H]1OC(=O)C[C@@H](C)NCc1ccccc1. The zero-order valence-corrected chi connectivity index (χ0v) is 15.6. The highest BCUT2D eigenvalue weighted by molar-refractivity contribution is 5.70. The van der Waals surface area contributed by atoms with Crippen molar-refractivity contribution in [2.75, 3.05) is 0 Å². The second-order valence-electron chi connectivity index (χ2n) is 7.83. The van der Waals surface area contributed by atoms with Gasteiger partial charge in [0.1, 0.15) is 6.10 Å². The third-order valence-corrected chi connectivity index (χ3v) is 5.21. The second kappa shape index (κ2) is 9.22. The number of hydrogen-bond donors (Lipinski definition) is 1. The average Bonchev–Trinajstić information content (AvgIpc) is 2.53. The predicted molar refractivity (Wildman–Crippen MR) is 98.6 cm³/mol. The van der Waals surface area contributed by atoms with Crippen LogP contribution in [0.1, 0.15) is 58.9 Å². The second-order valence-corrected chi connectivity index (χ2v) is 7.83. The Morgan fingerprint density at radius 3 is 2.58 bits per heavy atom. The lowest BCUT2D eigenvalue weighted by molar-refractivity contribution is -0.156. The van der Waals surface area contributed by atoms with Crippen molar-refractivity contribution >= 4 is 5.97 Å². The Morgan fingerprint density at radius 2 is 1.92 bits per heavy atom. The van der Waals surface area contributed by atoms with E-state index < -0.39 is 0 Å². The number of esters is 1. The maximum Gasteiger partial charge on any atom is 0.307 e. The van der Waals surface area contributed by atoms with E-state index in [1.165, 1.54) is 18.4 Å². The predicted octanol–water partition coefficient (Wildman–Crippen LogP) is 4.56. The Morgan fingerprint density at radius 1 is 1.21 bits per heavy atom. The van der Waals surface area contributed by atoms with Crippen LogP contribution in [-0.4, -0.2) is 18.1 Å². The third-order valence-electron chi connectivity index (χ3n) is 5.21. The van der Waals surface area contributed by atoms with Crippen molar-refractivity contribution in [3.63, 3.8) is 0 Å². The Hall–Kier alpha value is -1.35. The van der Waals surface area contributed by atoms with Gasteiger partial charge in [-0.25, -0.2) is 0 Å². The van der Waals surface area contributed by atoms with E-state index in [0.717, 1.165) is 13.0 Å². The molecular formula is C21H33NO2. The van der Waals surface area contributed by atoms with Crippen molar-refractivity contribution in [3.05, 3.63) is 35.9 Å². The molecule has 0 unspecified atom stereocenters. The number of carbonyl (C=O) groups is 1. The first-order chi connectivity index (χ1) is 11.5. The minimum absolute atomic E-state index is 0.0622. The van der Waals surface area contributed by atoms with Gasteiger partial charge in [-0.15, -0.1) is 0 Å². The molecule has 1 aromatic rings. The van der Waals surface area contributed by atoms with E-state index >= 15 is 0 Å². The summed E-state index contributed by atoms with van der Waals surface area (Å²) in [5.74, 6) is 1.68. The maximum absolute atomic E-state index is 12.3. The standard InChI is InChI=1S/C21H33NO2/c1-15(2)19-11-10-16(3)12-20(19)24-21(23)13-17(4)22-14-18-8-6-5-7-9-18/h5-9,15-17,19-20,22H,10-14H2,1-4H3/t16-,17-,19+,20-/m1/s1. The zero-order chi connectivity index (χ0) is 17.5. The van der Waals surface area contributed by atoms with Crippen LogP contribution < -0.4 is 5.32 Å². The van der Waals surface area contributed by atoms with Crippen molar-refractivity contribution < 1.29 is 9.53 Å². The van der Waals surface area contributed by atoms with Crippen molar-refractivity contribution in [2.45, 2.75) is 72.1 Å². The normalized spacial score (nSPS) is 25.5. The Bertz CT molecular complexity index is 500. The van der Waals surface area contributed by atoms with Gasteiger partial charge < -0.3 is 10.1 Å². The number of nitrogens with one attached hydrogen (secondary N) is 1. The topological polar surface area (TPSA) is 38.3 Å². The largest absolute Gasteiger partial charge is 0.462 e. The summed E-state index contributed by atoms with van der Waals surface area (Å²) in [6.07, 6.45) is 3.98. The van der Waals surface area contributed by atoms with Gasteiger partial charge in [-0.05, 0) is 43.1 Å². The summed E-state index contributed by atoms with van der Waals surface area (Å²) in [7, 11) is 0. The van der Waals surface area contributed by atoms with Crippen LogP contribution in [0, 0.1) is 17.8 Å². The van der Waals surface area contributed by atoms with Crippen LogP contribution in [0.25, 0.3) is 0 Å². The molecule has 4 atom stereocenters. The van der Waals surface area contributed by atoms with Gasteiger partial charge in [-0.2, -0.15) is 0 Å². The molecule has 0 aliphatic heterocycles. The molecule has 0 spiro atoms. The summed E-state index contributed by atoms with van der Waals surface area (Å²) in [6.45, 7) is 9.58. The van der Waals surface area contributed by atoms with E-state index in [0.29, 0.717) is 24.2 Å². The van der Waals surface area contributed by atoms with E-state index in [4.69, 9.17) is 4.74 Å². The summed E-state index contributed by atoms with van der Waals surface area (Å²) in [5, 5.41) is 3.41. The molecular weight excluding hydrogens is 298 g/mol. The fourth-order valence-corrected chi connectivity index (χ4v) is 3.68. The third kappa shape index (κ3) is 5.94. The first-order valence-corrected chi connectivity index (χ1v) is 9.42. The fraction of sp³-hybridized carbons (Fsp3) is 0.667. The minimum atomic E-state index is -0.0622. The maximum atomic E-state index is 12.3. The van der Waals surface area contributed by atoms with Gasteiger partial charge in [0, 0.05) is 12.6 Å². The molecule has 3 heteroatoms. The molecule has 3 nitrogen and oxygen atoms in total. The summed E-state index contributed by atoms with van der Waals surface area (Å²) < 4.78 is 5.88. The zero-order valence-electron chi connectivity index (χ0n) is 15.6. The number of rotatable bonds is 7. The first kappa shape index (κ1) is 19.0. The monoisotopic (exact) mass is 331 g/mol. The van der Waals surface area contributed by atoms with Crippen LogP contribution in [0.15, 0.2) is 30.3 Å². The molecule has 1 fully saturated rings. The highest BCUT2D eigenvalue weighted by Crippen LogP contribution is 2.35. The molecule has 0 aromatic heterocycles. The van der Waals surface area contributed by atoms with Crippen molar-refractivity contribution in [1.29, 1.82) is 0 Å². The van der Waals surface area contributed by atoms with E-state index in [1.54, 1.807) is 0 Å². The van der Waals surface area contributed by atoms with Gasteiger partial charge in [-0.3, -0.25) is 4.79 Å². The van der Waals surface area contributed by atoms with Crippen LogP contribution >= 0.6 is 0 Å². The first-order valence-electron chi connectivity index (χ1n) is 9.42. The number of benzene rings is 1. The quantitative estimate of drug-likeness (QED) is 0.744. The van der Waals surface area contributed by atoms with Gasteiger partial charge in [-0.1, -0.05) is 57.5 Å². The van der Waals surface area contributed by atoms with E-state index in [1.807, 2.05) is 25.1 Å². The molecule has 2 rings (SSSR count). The molecule has 0 bridgehead atoms. The van der Waals surface area contributed by atoms with E-state index in [-0.39, 0.29) is 18.1 Å². The molecule has 1 saturated carbocycles. The molecule has 1 aromatic carbocycles. The Labute approximate surface area is 147 Å². The van der Waals surface area contributed by atoms with Crippen LogP contribution in [0.2, 0.25) is 0 Å². The van der Waals surface area contributed by atoms with Crippen LogP contribution in [0.3, 0.4) is 0 Å². The number of hydrogen-bond acceptors (Lipinski definition) is 3. The molecule has 1 aliphatic carbocycles. The van der Waals surface area contributed by atoms with Crippen molar-refractivity contribution in [1.82, 2.24) is 5.32 Å². The van der Waals surface area contributed by atoms with Gasteiger partial charge in [0.2, 0.25) is 0 Å². The summed E-state index contributed by atoms with van der Waals surface area (Å²) in [4.78, 5) is 12.3. The van der Waals surface area contributed by atoms with Gasteiger partial charge in [0.15, 0.2) is 0 Å². The molecule has 1 N–H and O–H groups in total. The van der Waals surface area contributed by atoms with Gasteiger partial charge in [0.05, 0.1) is 6.42 Å². The highest BCUT2D eigenvalue weighted by atomic mass is 16.5. The van der Waals surface area contributed by atoms with E-state index in [9.17, 15) is 4.79 Å². The molecule has 134 valence electrons. The lowest BCUT2D eigenvalue weighted by Crippen LogP contribution is -2.37. The minimum Gasteiger partial charge on any atom is -0.462 e. The lowest BCUT2D eigenvalue weighted by Gasteiger charge is -2.36. The van der Waals surface area contributed by atoms with E-state index in [2.05, 4.69) is 38.2 Å². The highest BCUT2D eigenvalue weighted by Gasteiger charge is 2.33. The Kier molecular flexibility index (Phi) is 7.29. The average molecular weight is 332 g/mol. The smallest absolute Gasteiger partial charge is 0.307 e. The number of carbonyl (C=O) groups excluding carboxylic acids is 1. The van der Waals surface area contributed by atoms with Gasteiger partial charge >= 0.3 is 5.97 Å². The summed E-state index contributed by atoms with van der Waals surface area (Å²) >= 11 is 0. The lowest BCUT2D eigenvalue weighted by atomic mass is 9.75. The molecule has 0 heterocycles. The molecule has 0 radical (unpaired) electrons. The molecule has 0 amide bonds. The van der Waals surface area contributed by atoms with Crippen LogP contribution in [0.5, 0.6) is 0 Å². The fourth-order valence-electron chi connectivity index (χ4n) is 3.68. The van der Waals surface area contributed by atoms with Crippen molar-refractivity contribution in [3.8, 4) is 0 Å². The summed E-state index contributed by atoms with van der Waals surface area (Å²) in [6, 6.07) is 10.4. The summed E-state index contributed by atoms with van der Waals surface area (Å²) in [5.41, 5.74) is 1.23.